The molecule has 0 bridgehead atoms. The van der Waals surface area contributed by atoms with Gasteiger partial charge in [-0.1, -0.05) is 24.3 Å². The van der Waals surface area contributed by atoms with Crippen LogP contribution in [-0.4, -0.2) is 48.8 Å². The number of furan rings is 1. The predicted octanol–water partition coefficient (Wildman–Crippen LogP) is 4.36. The van der Waals surface area contributed by atoms with Gasteiger partial charge in [0.2, 0.25) is 0 Å². The summed E-state index contributed by atoms with van der Waals surface area (Å²) in [5.74, 6) is 1.70. The lowest BCUT2D eigenvalue weighted by Gasteiger charge is -2.28. The Morgan fingerprint density at radius 1 is 1.00 bits per heavy atom. The molecule has 1 aliphatic heterocycles. The first-order valence-corrected chi connectivity index (χ1v) is 11.4. The van der Waals surface area contributed by atoms with Crippen LogP contribution in [0, 0.1) is 13.8 Å². The molecule has 1 aromatic heterocycles. The molecule has 0 saturated heterocycles. The van der Waals surface area contributed by atoms with E-state index in [2.05, 4.69) is 36.9 Å². The fourth-order valence-corrected chi connectivity index (χ4v) is 4.12. The molecule has 172 valence electrons. The summed E-state index contributed by atoms with van der Waals surface area (Å²) >= 11 is 0. The van der Waals surface area contributed by atoms with Gasteiger partial charge >= 0.3 is 0 Å². The van der Waals surface area contributed by atoms with E-state index >= 15 is 0 Å². The molecule has 0 amide bonds. The molecule has 6 heteroatoms. The number of ether oxygens (including phenoxy) is 2. The van der Waals surface area contributed by atoms with E-state index < -0.39 is 12.2 Å². The van der Waals surface area contributed by atoms with Crippen LogP contribution in [0.1, 0.15) is 36.1 Å². The summed E-state index contributed by atoms with van der Waals surface area (Å²) < 4.78 is 17.9. The minimum Gasteiger partial charge on any atom is -0.491 e. The van der Waals surface area contributed by atoms with Crippen LogP contribution >= 0.6 is 0 Å². The van der Waals surface area contributed by atoms with Crippen LogP contribution in [0.3, 0.4) is 0 Å². The van der Waals surface area contributed by atoms with Crippen LogP contribution in [0.5, 0.6) is 5.75 Å². The summed E-state index contributed by atoms with van der Waals surface area (Å²) in [6.45, 7) is 6.50. The van der Waals surface area contributed by atoms with E-state index in [1.165, 1.54) is 0 Å². The molecule has 2 aromatic carbocycles. The lowest BCUT2D eigenvalue weighted by atomic mass is 10.1. The first-order chi connectivity index (χ1) is 15.5. The molecule has 0 saturated carbocycles. The number of para-hydroxylation sites is 2. The van der Waals surface area contributed by atoms with Gasteiger partial charge in [-0.25, -0.2) is 0 Å². The van der Waals surface area contributed by atoms with Crippen LogP contribution in [0.4, 0.5) is 5.69 Å². The summed E-state index contributed by atoms with van der Waals surface area (Å²) in [6.07, 6.45) is 0.327. The van der Waals surface area contributed by atoms with E-state index in [0.29, 0.717) is 32.7 Å². The van der Waals surface area contributed by atoms with E-state index in [0.717, 1.165) is 52.1 Å². The van der Waals surface area contributed by atoms with E-state index in [-0.39, 0.29) is 6.61 Å². The minimum absolute atomic E-state index is 0.140. The number of aliphatic hydroxyl groups is 2. The molecule has 3 aromatic rings. The molecule has 6 nitrogen and oxygen atoms in total. The van der Waals surface area contributed by atoms with Crippen molar-refractivity contribution < 1.29 is 24.1 Å². The molecular weight excluding hydrogens is 406 g/mol. The van der Waals surface area contributed by atoms with Crippen molar-refractivity contribution in [3.05, 3.63) is 59.4 Å². The zero-order valence-electron chi connectivity index (χ0n) is 18.9. The number of rotatable bonds is 2. The van der Waals surface area contributed by atoms with Crippen molar-refractivity contribution in [3.8, 4) is 5.75 Å². The number of nitrogens with zero attached hydrogens (tertiary/aromatic N) is 1. The summed E-state index contributed by atoms with van der Waals surface area (Å²) in [5, 5.41) is 21.9. The van der Waals surface area contributed by atoms with Gasteiger partial charge < -0.3 is 29.0 Å². The highest BCUT2D eigenvalue weighted by Crippen LogP contribution is 2.33. The lowest BCUT2D eigenvalue weighted by Crippen LogP contribution is -2.35. The lowest BCUT2D eigenvalue weighted by molar-refractivity contribution is -0.0406. The largest absolute Gasteiger partial charge is 0.491 e. The summed E-state index contributed by atoms with van der Waals surface area (Å²) in [4.78, 5) is 2.16. The molecule has 1 aliphatic rings. The van der Waals surface area contributed by atoms with Crippen molar-refractivity contribution in [2.75, 3.05) is 31.3 Å². The molecule has 0 fully saturated rings. The first kappa shape index (κ1) is 22.6. The monoisotopic (exact) mass is 439 g/mol. The van der Waals surface area contributed by atoms with Crippen molar-refractivity contribution in [1.29, 1.82) is 0 Å². The topological polar surface area (TPSA) is 75.3 Å². The Bertz CT molecular complexity index is 1030. The Morgan fingerprint density at radius 3 is 2.69 bits per heavy atom. The van der Waals surface area contributed by atoms with Crippen LogP contribution in [0.2, 0.25) is 0 Å². The molecule has 2 atom stereocenters. The summed E-state index contributed by atoms with van der Waals surface area (Å²) in [6, 6.07) is 14.2. The SMILES string of the molecule is Cc1ccc2c(C)c(CN3CC[C@H](O)[C@H](O)COCCCCOc4ccccc43)oc2c1. The smallest absolute Gasteiger partial charge is 0.142 e. The standard InChI is InChI=1S/C26H33NO5/c1-18-9-10-20-19(2)26(32-25(20)15-18)16-27-12-11-22(28)23(29)17-30-13-5-6-14-31-24-8-4-3-7-21(24)27/h3-4,7-10,15,22-23,28-29H,5-6,11-14,16-17H2,1-2H3/t22-,23+/m0/s1. The van der Waals surface area contributed by atoms with Gasteiger partial charge in [0.15, 0.2) is 0 Å². The fraction of sp³-hybridized carbons (Fsp3) is 0.462. The van der Waals surface area contributed by atoms with Gasteiger partial charge in [-0.3, -0.25) is 0 Å². The third kappa shape index (κ3) is 5.26. The Kier molecular flexibility index (Phi) is 7.35. The molecule has 2 N–H and O–H groups in total. The predicted molar refractivity (Wildman–Crippen MR) is 125 cm³/mol. The van der Waals surface area contributed by atoms with Gasteiger partial charge in [-0.2, -0.15) is 0 Å². The van der Waals surface area contributed by atoms with Gasteiger partial charge in [0.05, 0.1) is 31.5 Å². The first-order valence-electron chi connectivity index (χ1n) is 11.4. The zero-order valence-corrected chi connectivity index (χ0v) is 18.9. The number of hydrogen-bond acceptors (Lipinski definition) is 6. The molecule has 32 heavy (non-hydrogen) atoms. The van der Waals surface area contributed by atoms with Gasteiger partial charge in [-0.15, -0.1) is 0 Å². The molecule has 2 heterocycles. The quantitative estimate of drug-likeness (QED) is 0.618. The van der Waals surface area contributed by atoms with Crippen LogP contribution in [0.25, 0.3) is 11.0 Å². The van der Waals surface area contributed by atoms with Crippen molar-refractivity contribution in [3.63, 3.8) is 0 Å². The Labute approximate surface area is 189 Å². The van der Waals surface area contributed by atoms with E-state index in [1.807, 2.05) is 24.3 Å². The average Bonchev–Trinajstić information content (AvgIpc) is 3.09. The number of hydrogen-bond donors (Lipinski definition) is 2. The Balaban J connectivity index is 1.65. The molecular formula is C26H33NO5. The Morgan fingerprint density at radius 2 is 1.81 bits per heavy atom. The molecule has 4 rings (SSSR count). The highest BCUT2D eigenvalue weighted by Gasteiger charge is 2.22. The second-order valence-corrected chi connectivity index (χ2v) is 8.59. The minimum atomic E-state index is -0.901. The third-order valence-electron chi connectivity index (χ3n) is 6.10. The fourth-order valence-electron chi connectivity index (χ4n) is 4.12. The van der Waals surface area contributed by atoms with Crippen molar-refractivity contribution in [2.45, 2.75) is 51.9 Å². The summed E-state index contributed by atoms with van der Waals surface area (Å²) in [7, 11) is 0. The summed E-state index contributed by atoms with van der Waals surface area (Å²) in [5.41, 5.74) is 4.12. The third-order valence-corrected chi connectivity index (χ3v) is 6.10. The van der Waals surface area contributed by atoms with Gasteiger partial charge in [0.25, 0.3) is 0 Å². The van der Waals surface area contributed by atoms with E-state index in [1.54, 1.807) is 0 Å². The average molecular weight is 440 g/mol. The molecule has 0 spiro atoms. The zero-order chi connectivity index (χ0) is 22.5. The number of benzene rings is 2. The second kappa shape index (κ2) is 10.4. The number of anilines is 1. The van der Waals surface area contributed by atoms with Crippen molar-refractivity contribution in [2.24, 2.45) is 0 Å². The Hall–Kier alpha value is -2.54. The second-order valence-electron chi connectivity index (χ2n) is 8.59. The number of fused-ring (bicyclic) bond motifs is 2. The molecule has 0 radical (unpaired) electrons. The van der Waals surface area contributed by atoms with Gasteiger partial charge in [0, 0.05) is 24.1 Å². The maximum absolute atomic E-state index is 10.5. The van der Waals surface area contributed by atoms with Crippen molar-refractivity contribution in [1.82, 2.24) is 0 Å². The van der Waals surface area contributed by atoms with Gasteiger partial charge in [-0.05, 0) is 56.9 Å². The van der Waals surface area contributed by atoms with Gasteiger partial charge in [0.1, 0.15) is 23.2 Å². The molecule has 0 unspecified atom stereocenters. The van der Waals surface area contributed by atoms with Crippen LogP contribution in [-0.2, 0) is 11.3 Å². The molecule has 0 aliphatic carbocycles. The number of aryl methyl sites for hydroxylation is 2. The normalized spacial score (nSPS) is 21.1. The van der Waals surface area contributed by atoms with Crippen LogP contribution in [0.15, 0.2) is 46.9 Å². The number of aliphatic hydroxyl groups excluding tert-OH is 2. The highest BCUT2D eigenvalue weighted by atomic mass is 16.5. The maximum atomic E-state index is 10.5. The maximum Gasteiger partial charge on any atom is 0.142 e. The van der Waals surface area contributed by atoms with Crippen molar-refractivity contribution >= 4 is 16.7 Å². The van der Waals surface area contributed by atoms with E-state index in [4.69, 9.17) is 13.9 Å². The van der Waals surface area contributed by atoms with Crippen LogP contribution < -0.4 is 9.64 Å². The van der Waals surface area contributed by atoms with E-state index in [9.17, 15) is 10.2 Å². The highest BCUT2D eigenvalue weighted by molar-refractivity contribution is 5.82.